The summed E-state index contributed by atoms with van der Waals surface area (Å²) in [5.41, 5.74) is 4.05. The largest absolute Gasteiger partial charge is 0.452 e. The van der Waals surface area contributed by atoms with E-state index in [4.69, 9.17) is 4.74 Å². The normalized spacial score (nSPS) is 10.3. The fraction of sp³-hybridized carbons (Fsp3) is 0.318. The van der Waals surface area contributed by atoms with Crippen molar-refractivity contribution in [3.05, 3.63) is 64.7 Å². The molecule has 1 N–H and O–H groups in total. The molecule has 2 rings (SSSR count). The van der Waals surface area contributed by atoms with Gasteiger partial charge in [0.25, 0.3) is 5.91 Å². The summed E-state index contributed by atoms with van der Waals surface area (Å²) >= 11 is 0. The number of rotatable bonds is 7. The van der Waals surface area contributed by atoms with Crippen LogP contribution in [0, 0.1) is 13.8 Å². The van der Waals surface area contributed by atoms with Crippen molar-refractivity contribution >= 4 is 23.5 Å². The molecule has 0 aromatic heterocycles. The van der Waals surface area contributed by atoms with Gasteiger partial charge in [-0.3, -0.25) is 9.59 Å². The number of hydrogen-bond donors (Lipinski definition) is 1. The molecule has 2 amide bonds. The second-order valence-electron chi connectivity index (χ2n) is 6.76. The maximum Gasteiger partial charge on any atom is 0.338 e. The Labute approximate surface area is 165 Å². The van der Waals surface area contributed by atoms with E-state index in [0.29, 0.717) is 5.56 Å². The Bertz CT molecular complexity index is 856. The number of anilines is 1. The molecule has 0 saturated carbocycles. The van der Waals surface area contributed by atoms with Crippen LogP contribution >= 0.6 is 0 Å². The van der Waals surface area contributed by atoms with Gasteiger partial charge in [0.15, 0.2) is 6.61 Å². The molecule has 0 aliphatic heterocycles. The van der Waals surface area contributed by atoms with Crippen LogP contribution < -0.4 is 5.32 Å². The third-order valence-electron chi connectivity index (χ3n) is 4.26. The second-order valence-corrected chi connectivity index (χ2v) is 6.76. The average Bonchev–Trinajstić information content (AvgIpc) is 2.65. The van der Waals surface area contributed by atoms with Crippen LogP contribution in [0.15, 0.2) is 42.5 Å². The standard InChI is InChI=1S/C22H26N2O4/c1-5-17-8-6-7-9-19(17)23-20(25)13-24(4)21(26)14-28-22(27)18-11-15(2)10-16(3)12-18/h6-12H,5,13-14H2,1-4H3,(H,23,25). The van der Waals surface area contributed by atoms with Crippen molar-refractivity contribution in [1.82, 2.24) is 4.90 Å². The van der Waals surface area contributed by atoms with Crippen LogP contribution in [-0.4, -0.2) is 42.9 Å². The van der Waals surface area contributed by atoms with Gasteiger partial charge in [-0.15, -0.1) is 0 Å². The van der Waals surface area contributed by atoms with E-state index in [0.717, 1.165) is 28.8 Å². The van der Waals surface area contributed by atoms with Gasteiger partial charge in [0.1, 0.15) is 0 Å². The van der Waals surface area contributed by atoms with Gasteiger partial charge in [-0.1, -0.05) is 42.3 Å². The maximum absolute atomic E-state index is 12.2. The van der Waals surface area contributed by atoms with Crippen LogP contribution in [0.5, 0.6) is 0 Å². The highest BCUT2D eigenvalue weighted by atomic mass is 16.5. The van der Waals surface area contributed by atoms with Gasteiger partial charge in [-0.25, -0.2) is 4.79 Å². The zero-order valence-electron chi connectivity index (χ0n) is 16.7. The van der Waals surface area contributed by atoms with Gasteiger partial charge in [-0.05, 0) is 44.0 Å². The summed E-state index contributed by atoms with van der Waals surface area (Å²) in [4.78, 5) is 37.8. The first-order chi connectivity index (χ1) is 13.3. The highest BCUT2D eigenvalue weighted by Gasteiger charge is 2.17. The predicted octanol–water partition coefficient (Wildman–Crippen LogP) is 3.12. The number of benzene rings is 2. The number of hydrogen-bond acceptors (Lipinski definition) is 4. The molecule has 0 spiro atoms. The molecule has 6 nitrogen and oxygen atoms in total. The summed E-state index contributed by atoms with van der Waals surface area (Å²) in [5, 5.41) is 2.81. The summed E-state index contributed by atoms with van der Waals surface area (Å²) in [6, 6.07) is 12.9. The SMILES string of the molecule is CCc1ccccc1NC(=O)CN(C)C(=O)COC(=O)c1cc(C)cc(C)c1. The molecule has 6 heteroatoms. The molecule has 0 aliphatic carbocycles. The van der Waals surface area contributed by atoms with Gasteiger partial charge in [0.05, 0.1) is 12.1 Å². The molecular formula is C22H26N2O4. The minimum absolute atomic E-state index is 0.127. The Morgan fingerprint density at radius 3 is 2.32 bits per heavy atom. The van der Waals surface area contributed by atoms with Crippen LogP contribution in [0.25, 0.3) is 0 Å². The summed E-state index contributed by atoms with van der Waals surface area (Å²) in [6.45, 7) is 5.24. The van der Waals surface area contributed by atoms with E-state index < -0.39 is 18.5 Å². The van der Waals surface area contributed by atoms with Gasteiger partial charge in [-0.2, -0.15) is 0 Å². The van der Waals surface area contributed by atoms with E-state index in [1.54, 1.807) is 12.1 Å². The van der Waals surface area contributed by atoms with Crippen molar-refractivity contribution in [3.8, 4) is 0 Å². The van der Waals surface area contributed by atoms with Crippen molar-refractivity contribution in [2.45, 2.75) is 27.2 Å². The summed E-state index contributed by atoms with van der Waals surface area (Å²) in [6.07, 6.45) is 0.791. The number of ether oxygens (including phenoxy) is 1. The lowest BCUT2D eigenvalue weighted by molar-refractivity contribution is -0.136. The highest BCUT2D eigenvalue weighted by molar-refractivity contribution is 5.96. The molecule has 0 aliphatic rings. The van der Waals surface area contributed by atoms with Crippen molar-refractivity contribution in [1.29, 1.82) is 0 Å². The Hall–Kier alpha value is -3.15. The number of carbonyl (C=O) groups is 3. The van der Waals surface area contributed by atoms with Gasteiger partial charge < -0.3 is 15.0 Å². The molecule has 2 aromatic carbocycles. The lowest BCUT2D eigenvalue weighted by Gasteiger charge is -2.17. The lowest BCUT2D eigenvalue weighted by Crippen LogP contribution is -2.37. The Morgan fingerprint density at radius 2 is 1.68 bits per heavy atom. The molecule has 0 bridgehead atoms. The van der Waals surface area contributed by atoms with Crippen molar-refractivity contribution < 1.29 is 19.1 Å². The van der Waals surface area contributed by atoms with Crippen molar-refractivity contribution in [2.24, 2.45) is 0 Å². The molecule has 148 valence electrons. The molecule has 2 aromatic rings. The average molecular weight is 382 g/mol. The predicted molar refractivity (Wildman–Crippen MR) is 108 cm³/mol. The van der Waals surface area contributed by atoms with Crippen LogP contribution in [0.1, 0.15) is 34.0 Å². The van der Waals surface area contributed by atoms with Crippen molar-refractivity contribution in [2.75, 3.05) is 25.5 Å². The van der Waals surface area contributed by atoms with Crippen molar-refractivity contribution in [3.63, 3.8) is 0 Å². The van der Waals surface area contributed by atoms with Gasteiger partial charge >= 0.3 is 5.97 Å². The van der Waals surface area contributed by atoms with Crippen LogP contribution in [-0.2, 0) is 20.7 Å². The molecule has 0 radical (unpaired) electrons. The van der Waals surface area contributed by atoms with Crippen LogP contribution in [0.3, 0.4) is 0 Å². The highest BCUT2D eigenvalue weighted by Crippen LogP contribution is 2.15. The fourth-order valence-corrected chi connectivity index (χ4v) is 2.86. The Kier molecular flexibility index (Phi) is 7.32. The maximum atomic E-state index is 12.2. The first-order valence-electron chi connectivity index (χ1n) is 9.17. The third-order valence-corrected chi connectivity index (χ3v) is 4.26. The monoisotopic (exact) mass is 382 g/mol. The molecule has 0 fully saturated rings. The second kappa shape index (κ2) is 9.69. The van der Waals surface area contributed by atoms with E-state index in [1.165, 1.54) is 11.9 Å². The smallest absolute Gasteiger partial charge is 0.338 e. The molecule has 28 heavy (non-hydrogen) atoms. The van der Waals surface area contributed by atoms with E-state index in [-0.39, 0.29) is 12.5 Å². The molecule has 0 heterocycles. The molecule has 0 unspecified atom stereocenters. The first-order valence-corrected chi connectivity index (χ1v) is 9.17. The Balaban J connectivity index is 1.86. The number of nitrogens with one attached hydrogen (secondary N) is 1. The number of nitrogens with zero attached hydrogens (tertiary/aromatic N) is 1. The number of carbonyl (C=O) groups excluding carboxylic acids is 3. The number of para-hydroxylation sites is 1. The quantitative estimate of drug-likeness (QED) is 0.747. The summed E-state index contributed by atoms with van der Waals surface area (Å²) < 4.78 is 5.10. The zero-order chi connectivity index (χ0) is 20.7. The fourth-order valence-electron chi connectivity index (χ4n) is 2.86. The molecule has 0 saturated heterocycles. The number of esters is 1. The number of likely N-dealkylation sites (N-methyl/N-ethyl adjacent to an activating group) is 1. The minimum atomic E-state index is -0.560. The van der Waals surface area contributed by atoms with Gasteiger partial charge in [0.2, 0.25) is 5.91 Å². The van der Waals surface area contributed by atoms with E-state index in [9.17, 15) is 14.4 Å². The van der Waals surface area contributed by atoms with E-state index >= 15 is 0 Å². The zero-order valence-corrected chi connectivity index (χ0v) is 16.7. The van der Waals surface area contributed by atoms with Crippen LogP contribution in [0.2, 0.25) is 0 Å². The number of aryl methyl sites for hydroxylation is 3. The topological polar surface area (TPSA) is 75.7 Å². The van der Waals surface area contributed by atoms with E-state index in [1.807, 2.05) is 51.1 Å². The van der Waals surface area contributed by atoms with Crippen LogP contribution in [0.4, 0.5) is 5.69 Å². The number of amides is 2. The third kappa shape index (κ3) is 5.94. The molecular weight excluding hydrogens is 356 g/mol. The minimum Gasteiger partial charge on any atom is -0.452 e. The summed E-state index contributed by atoms with van der Waals surface area (Å²) in [7, 11) is 1.50. The first kappa shape index (κ1) is 21.2. The molecule has 0 atom stereocenters. The Morgan fingerprint density at radius 1 is 1.04 bits per heavy atom. The summed E-state index contributed by atoms with van der Waals surface area (Å²) in [5.74, 6) is -1.32. The van der Waals surface area contributed by atoms with Gasteiger partial charge in [0, 0.05) is 12.7 Å². The van der Waals surface area contributed by atoms with E-state index in [2.05, 4.69) is 5.32 Å². The lowest BCUT2D eigenvalue weighted by atomic mass is 10.1.